The Hall–Kier alpha value is -4.76. The van der Waals surface area contributed by atoms with Crippen LogP contribution in [0.25, 0.3) is 50.0 Å². The average Bonchev–Trinajstić information content (AvgIpc) is 3.60. The smallest absolute Gasteiger partial charge is 0.238 e. The standard InChI is InChI=1S/C28H26N8O/c1-17-14-36(16-30-17)26-6-4-5-23-21(26)11-25(32-23)28-22-10-18(7-8-24(22)33-34-28)19-9-20(13-29-12-19)31-27(37)15-35(2)3/h4-14,16,32H,15H2,1-3H3,(H,31,37)(H,33,34). The van der Waals surface area contributed by atoms with Crippen molar-refractivity contribution in [1.82, 2.24) is 34.6 Å². The van der Waals surface area contributed by atoms with Gasteiger partial charge in [0.1, 0.15) is 5.69 Å². The number of benzene rings is 2. The Bertz CT molecular complexity index is 1760. The maximum atomic E-state index is 12.2. The molecule has 4 heterocycles. The van der Waals surface area contributed by atoms with Crippen LogP contribution in [0, 0.1) is 6.92 Å². The topological polar surface area (TPSA) is 108 Å². The first kappa shape index (κ1) is 22.7. The lowest BCUT2D eigenvalue weighted by Crippen LogP contribution is -2.27. The number of aromatic nitrogens is 6. The fourth-order valence-electron chi connectivity index (χ4n) is 4.60. The van der Waals surface area contributed by atoms with Gasteiger partial charge in [-0.3, -0.25) is 14.9 Å². The number of amides is 1. The number of pyridine rings is 1. The van der Waals surface area contributed by atoms with E-state index in [-0.39, 0.29) is 5.91 Å². The number of likely N-dealkylation sites (N-methyl/N-ethyl adjacent to an activating group) is 1. The van der Waals surface area contributed by atoms with Crippen LogP contribution in [0.15, 0.2) is 73.4 Å². The Labute approximate surface area is 213 Å². The fraction of sp³-hybridized carbons (Fsp3) is 0.143. The predicted molar refractivity (Wildman–Crippen MR) is 146 cm³/mol. The van der Waals surface area contributed by atoms with E-state index in [1.807, 2.05) is 67.3 Å². The van der Waals surface area contributed by atoms with E-state index in [0.29, 0.717) is 12.2 Å². The van der Waals surface area contributed by atoms with E-state index in [9.17, 15) is 4.79 Å². The van der Waals surface area contributed by atoms with E-state index in [4.69, 9.17) is 0 Å². The van der Waals surface area contributed by atoms with Gasteiger partial charge in [-0.25, -0.2) is 4.98 Å². The number of nitrogens with one attached hydrogen (secondary N) is 3. The highest BCUT2D eigenvalue weighted by Crippen LogP contribution is 2.33. The molecule has 2 aromatic carbocycles. The normalized spacial score (nSPS) is 11.6. The molecule has 6 aromatic rings. The number of rotatable bonds is 6. The number of aromatic amines is 2. The highest BCUT2D eigenvalue weighted by atomic mass is 16.2. The van der Waals surface area contributed by atoms with E-state index < -0.39 is 0 Å². The molecule has 0 radical (unpaired) electrons. The summed E-state index contributed by atoms with van der Waals surface area (Å²) in [5.74, 6) is -0.0828. The average molecular weight is 491 g/mol. The van der Waals surface area contributed by atoms with E-state index in [2.05, 4.69) is 54.7 Å². The van der Waals surface area contributed by atoms with E-state index in [1.165, 1.54) is 0 Å². The molecule has 0 saturated carbocycles. The summed E-state index contributed by atoms with van der Waals surface area (Å²) in [6.07, 6.45) is 7.30. The third-order valence-corrected chi connectivity index (χ3v) is 6.26. The molecule has 0 atom stereocenters. The van der Waals surface area contributed by atoms with Crippen molar-refractivity contribution in [2.24, 2.45) is 0 Å². The molecular weight excluding hydrogens is 464 g/mol. The van der Waals surface area contributed by atoms with E-state index >= 15 is 0 Å². The Morgan fingerprint density at radius 3 is 2.73 bits per heavy atom. The third-order valence-electron chi connectivity index (χ3n) is 6.26. The molecule has 9 heteroatoms. The Morgan fingerprint density at radius 1 is 1.03 bits per heavy atom. The lowest BCUT2D eigenvalue weighted by Gasteiger charge is -2.11. The second-order valence-electron chi connectivity index (χ2n) is 9.42. The number of hydrogen-bond donors (Lipinski definition) is 3. The van der Waals surface area contributed by atoms with Gasteiger partial charge in [-0.1, -0.05) is 12.1 Å². The minimum absolute atomic E-state index is 0.0828. The summed E-state index contributed by atoms with van der Waals surface area (Å²) in [5.41, 5.74) is 8.30. The number of nitrogens with zero attached hydrogens (tertiary/aromatic N) is 5. The van der Waals surface area contributed by atoms with E-state index in [1.54, 1.807) is 12.4 Å². The van der Waals surface area contributed by atoms with Crippen molar-refractivity contribution in [2.75, 3.05) is 26.0 Å². The molecule has 0 aliphatic rings. The van der Waals surface area contributed by atoms with Crippen molar-refractivity contribution < 1.29 is 4.79 Å². The van der Waals surface area contributed by atoms with Crippen LogP contribution >= 0.6 is 0 Å². The number of carbonyl (C=O) groups is 1. The summed E-state index contributed by atoms with van der Waals surface area (Å²) in [6.45, 7) is 2.29. The Morgan fingerprint density at radius 2 is 1.92 bits per heavy atom. The zero-order valence-electron chi connectivity index (χ0n) is 20.8. The Balaban J connectivity index is 1.38. The van der Waals surface area contributed by atoms with Gasteiger partial charge in [0, 0.05) is 34.2 Å². The minimum Gasteiger partial charge on any atom is -0.353 e. The SMILES string of the molecule is Cc1cn(-c2cccc3[nH]c(-c4n[nH]c5ccc(-c6cncc(NC(=O)CN(C)C)c6)cc45)cc23)cn1. The molecule has 0 spiro atoms. The van der Waals surface area contributed by atoms with Gasteiger partial charge >= 0.3 is 0 Å². The van der Waals surface area contributed by atoms with Crippen molar-refractivity contribution in [1.29, 1.82) is 0 Å². The lowest BCUT2D eigenvalue weighted by molar-refractivity contribution is -0.116. The van der Waals surface area contributed by atoms with Gasteiger partial charge in [0.15, 0.2) is 0 Å². The summed E-state index contributed by atoms with van der Waals surface area (Å²) in [7, 11) is 3.72. The van der Waals surface area contributed by atoms with Crippen LogP contribution in [-0.2, 0) is 4.79 Å². The number of hydrogen-bond acceptors (Lipinski definition) is 5. The molecule has 9 nitrogen and oxygen atoms in total. The van der Waals surface area contributed by atoms with Gasteiger partial charge in [0.05, 0.1) is 47.3 Å². The molecule has 0 fully saturated rings. The van der Waals surface area contributed by atoms with Gasteiger partial charge in [-0.15, -0.1) is 0 Å². The number of H-pyrrole nitrogens is 2. The van der Waals surface area contributed by atoms with Gasteiger partial charge in [0.2, 0.25) is 5.91 Å². The first-order valence-electron chi connectivity index (χ1n) is 12.0. The second kappa shape index (κ2) is 9.03. The van der Waals surface area contributed by atoms with Gasteiger partial charge in [-0.2, -0.15) is 5.10 Å². The summed E-state index contributed by atoms with van der Waals surface area (Å²) >= 11 is 0. The zero-order valence-corrected chi connectivity index (χ0v) is 20.8. The van der Waals surface area contributed by atoms with Crippen molar-refractivity contribution in [3.8, 4) is 28.2 Å². The third kappa shape index (κ3) is 4.36. The molecule has 184 valence electrons. The molecule has 6 rings (SSSR count). The predicted octanol–water partition coefficient (Wildman–Crippen LogP) is 4.77. The molecule has 4 aromatic heterocycles. The monoisotopic (exact) mass is 490 g/mol. The lowest BCUT2D eigenvalue weighted by atomic mass is 10.0. The maximum Gasteiger partial charge on any atom is 0.238 e. The molecule has 3 N–H and O–H groups in total. The first-order chi connectivity index (χ1) is 17.9. The van der Waals surface area contributed by atoms with Crippen LogP contribution in [0.1, 0.15) is 5.69 Å². The van der Waals surface area contributed by atoms with Crippen LogP contribution in [0.2, 0.25) is 0 Å². The number of carbonyl (C=O) groups excluding carboxylic acids is 1. The largest absolute Gasteiger partial charge is 0.353 e. The number of imidazole rings is 1. The molecular formula is C28H26N8O. The molecule has 0 unspecified atom stereocenters. The van der Waals surface area contributed by atoms with Crippen LogP contribution in [0.4, 0.5) is 5.69 Å². The van der Waals surface area contributed by atoms with Gasteiger partial charge < -0.3 is 19.8 Å². The van der Waals surface area contributed by atoms with Crippen LogP contribution in [0.3, 0.4) is 0 Å². The van der Waals surface area contributed by atoms with Crippen LogP contribution in [-0.4, -0.2) is 61.2 Å². The summed E-state index contributed by atoms with van der Waals surface area (Å²) < 4.78 is 2.04. The Kier molecular flexibility index (Phi) is 5.54. The number of anilines is 1. The number of aryl methyl sites for hydroxylation is 1. The molecule has 0 aliphatic carbocycles. The van der Waals surface area contributed by atoms with Crippen molar-refractivity contribution in [3.63, 3.8) is 0 Å². The first-order valence-corrected chi connectivity index (χ1v) is 12.0. The van der Waals surface area contributed by atoms with Crippen molar-refractivity contribution in [3.05, 3.63) is 79.1 Å². The quantitative estimate of drug-likeness (QED) is 0.312. The van der Waals surface area contributed by atoms with Crippen molar-refractivity contribution in [2.45, 2.75) is 6.92 Å². The maximum absolute atomic E-state index is 12.2. The minimum atomic E-state index is -0.0828. The molecule has 1 amide bonds. The number of fused-ring (bicyclic) bond motifs is 2. The van der Waals surface area contributed by atoms with Gasteiger partial charge in [-0.05, 0) is 63.0 Å². The van der Waals surface area contributed by atoms with Crippen molar-refractivity contribution >= 4 is 33.4 Å². The summed E-state index contributed by atoms with van der Waals surface area (Å²) in [6, 6.07) is 16.4. The molecule has 0 saturated heterocycles. The van der Waals surface area contributed by atoms with Gasteiger partial charge in [0.25, 0.3) is 0 Å². The molecule has 0 bridgehead atoms. The van der Waals surface area contributed by atoms with Crippen LogP contribution < -0.4 is 5.32 Å². The van der Waals surface area contributed by atoms with E-state index in [0.717, 1.165) is 55.7 Å². The molecule has 0 aliphatic heterocycles. The van der Waals surface area contributed by atoms with Crippen LogP contribution in [0.5, 0.6) is 0 Å². The summed E-state index contributed by atoms with van der Waals surface area (Å²) in [4.78, 5) is 26.3. The fourth-order valence-corrected chi connectivity index (χ4v) is 4.60. The molecule has 37 heavy (non-hydrogen) atoms. The highest BCUT2D eigenvalue weighted by molar-refractivity contribution is 5.99. The summed E-state index contributed by atoms with van der Waals surface area (Å²) in [5, 5.41) is 12.8. The highest BCUT2D eigenvalue weighted by Gasteiger charge is 2.15. The zero-order chi connectivity index (χ0) is 25.5. The second-order valence-corrected chi connectivity index (χ2v) is 9.42.